The Hall–Kier alpha value is -2.74. The first kappa shape index (κ1) is 22.1. The van der Waals surface area contributed by atoms with Crippen molar-refractivity contribution in [2.45, 2.75) is 44.4 Å². The van der Waals surface area contributed by atoms with Crippen molar-refractivity contribution in [2.24, 2.45) is 11.7 Å². The lowest BCUT2D eigenvalue weighted by Gasteiger charge is -2.44. The van der Waals surface area contributed by atoms with Crippen LogP contribution in [0.25, 0.3) is 11.3 Å². The first-order chi connectivity index (χ1) is 16.0. The van der Waals surface area contributed by atoms with Gasteiger partial charge in [0, 0.05) is 35.4 Å². The van der Waals surface area contributed by atoms with Gasteiger partial charge in [0.2, 0.25) is 0 Å². The summed E-state index contributed by atoms with van der Waals surface area (Å²) in [5.41, 5.74) is 8.73. The standard InChI is InChI=1S/C25H27ClFN5O/c26-18-6-10-20(11-7-18)29-25-23(16-4-8-19(27)9-5-16)30-22-14-31(12-13-32(22)25)24(21(28)15-33)17-2-1-3-17/h4-11,15,17,21,24,29H,1-3,12-14,28H2/t21-,24?/m1/s1. The van der Waals surface area contributed by atoms with E-state index in [9.17, 15) is 9.18 Å². The zero-order valence-corrected chi connectivity index (χ0v) is 19.0. The highest BCUT2D eigenvalue weighted by atomic mass is 35.5. The maximum absolute atomic E-state index is 13.6. The number of carbonyl (C=O) groups excluding carboxylic acids is 1. The molecule has 1 aliphatic carbocycles. The van der Waals surface area contributed by atoms with E-state index in [1.807, 2.05) is 24.3 Å². The zero-order chi connectivity index (χ0) is 22.9. The van der Waals surface area contributed by atoms with E-state index in [0.29, 0.717) is 24.0 Å². The topological polar surface area (TPSA) is 76.2 Å². The van der Waals surface area contributed by atoms with E-state index < -0.39 is 6.04 Å². The third kappa shape index (κ3) is 4.40. The Morgan fingerprint density at radius 3 is 2.48 bits per heavy atom. The molecule has 0 spiro atoms. The van der Waals surface area contributed by atoms with E-state index in [1.165, 1.54) is 18.6 Å². The molecule has 3 aromatic rings. The van der Waals surface area contributed by atoms with Gasteiger partial charge in [-0.25, -0.2) is 9.37 Å². The number of fused-ring (bicyclic) bond motifs is 1. The monoisotopic (exact) mass is 467 g/mol. The Labute approximate surface area is 197 Å². The van der Waals surface area contributed by atoms with Crippen molar-refractivity contribution >= 4 is 29.4 Å². The molecule has 3 N–H and O–H groups in total. The second-order valence-electron chi connectivity index (χ2n) is 8.88. The normalized spacial score (nSPS) is 18.3. The maximum Gasteiger partial charge on any atom is 0.138 e. The molecule has 1 fully saturated rings. The fourth-order valence-corrected chi connectivity index (χ4v) is 5.05. The summed E-state index contributed by atoms with van der Waals surface area (Å²) >= 11 is 6.05. The van der Waals surface area contributed by atoms with Crippen LogP contribution in [0.1, 0.15) is 25.1 Å². The third-order valence-corrected chi connectivity index (χ3v) is 7.08. The van der Waals surface area contributed by atoms with Crippen LogP contribution in [-0.4, -0.2) is 39.4 Å². The van der Waals surface area contributed by atoms with Crippen LogP contribution in [-0.2, 0) is 17.9 Å². The molecular formula is C25H27ClFN5O. The fraction of sp³-hybridized carbons (Fsp3) is 0.360. The number of benzene rings is 2. The van der Waals surface area contributed by atoms with Gasteiger partial charge in [0.05, 0.1) is 12.6 Å². The predicted octanol–water partition coefficient (Wildman–Crippen LogP) is 4.60. The minimum absolute atomic E-state index is 0.0312. The van der Waals surface area contributed by atoms with Gasteiger partial charge >= 0.3 is 0 Å². The van der Waals surface area contributed by atoms with E-state index >= 15 is 0 Å². The average molecular weight is 468 g/mol. The molecule has 1 saturated carbocycles. The molecule has 2 aliphatic rings. The van der Waals surface area contributed by atoms with E-state index in [4.69, 9.17) is 22.3 Å². The van der Waals surface area contributed by atoms with Crippen molar-refractivity contribution in [1.29, 1.82) is 0 Å². The van der Waals surface area contributed by atoms with E-state index in [0.717, 1.165) is 54.3 Å². The quantitative estimate of drug-likeness (QED) is 0.497. The van der Waals surface area contributed by atoms with Crippen LogP contribution in [0.2, 0.25) is 5.02 Å². The smallest absolute Gasteiger partial charge is 0.138 e. The van der Waals surface area contributed by atoms with Gasteiger partial charge in [0.25, 0.3) is 0 Å². The maximum atomic E-state index is 13.6. The number of nitrogens with one attached hydrogen (secondary N) is 1. The van der Waals surface area contributed by atoms with Crippen molar-refractivity contribution in [3.63, 3.8) is 0 Å². The van der Waals surface area contributed by atoms with E-state index in [-0.39, 0.29) is 11.9 Å². The lowest BCUT2D eigenvalue weighted by molar-refractivity contribution is -0.111. The van der Waals surface area contributed by atoms with Crippen LogP contribution in [0, 0.1) is 11.7 Å². The molecule has 172 valence electrons. The van der Waals surface area contributed by atoms with Crippen molar-refractivity contribution in [3.05, 3.63) is 65.2 Å². The number of nitrogens with zero attached hydrogens (tertiary/aromatic N) is 3. The number of nitrogens with two attached hydrogens (primary N) is 1. The average Bonchev–Trinajstić information content (AvgIpc) is 3.15. The SMILES string of the molecule is N[C@H](C=O)C(C1CCC1)N1CCn2c(nc(-c3ccc(F)cc3)c2Nc2ccc(Cl)cc2)C1. The number of carbonyl (C=O) groups is 1. The summed E-state index contributed by atoms with van der Waals surface area (Å²) in [5, 5.41) is 4.16. The highest BCUT2D eigenvalue weighted by Crippen LogP contribution is 2.37. The Balaban J connectivity index is 1.51. The summed E-state index contributed by atoms with van der Waals surface area (Å²) in [6.07, 6.45) is 4.29. The largest absolute Gasteiger partial charge is 0.340 e. The summed E-state index contributed by atoms with van der Waals surface area (Å²) in [7, 11) is 0. The molecule has 1 unspecified atom stereocenters. The number of anilines is 2. The van der Waals surface area contributed by atoms with Crippen LogP contribution in [0.4, 0.5) is 15.9 Å². The first-order valence-electron chi connectivity index (χ1n) is 11.4. The lowest BCUT2D eigenvalue weighted by Crippen LogP contribution is -2.56. The molecule has 5 rings (SSSR count). The van der Waals surface area contributed by atoms with Gasteiger partial charge in [0.1, 0.15) is 29.4 Å². The molecule has 2 aromatic carbocycles. The second kappa shape index (κ2) is 9.25. The van der Waals surface area contributed by atoms with Crippen LogP contribution in [0.15, 0.2) is 48.5 Å². The Morgan fingerprint density at radius 1 is 1.12 bits per heavy atom. The van der Waals surface area contributed by atoms with Gasteiger partial charge < -0.3 is 20.4 Å². The number of imidazole rings is 1. The lowest BCUT2D eigenvalue weighted by atomic mass is 9.76. The first-order valence-corrected chi connectivity index (χ1v) is 11.7. The Morgan fingerprint density at radius 2 is 1.85 bits per heavy atom. The number of hydrogen-bond acceptors (Lipinski definition) is 5. The Bertz CT molecular complexity index is 1130. The molecule has 1 aromatic heterocycles. The molecule has 0 bridgehead atoms. The minimum Gasteiger partial charge on any atom is -0.340 e. The van der Waals surface area contributed by atoms with Gasteiger partial charge in [-0.05, 0) is 67.3 Å². The summed E-state index contributed by atoms with van der Waals surface area (Å²) in [6.45, 7) is 2.11. The Kier molecular flexibility index (Phi) is 6.19. The molecular weight excluding hydrogens is 441 g/mol. The zero-order valence-electron chi connectivity index (χ0n) is 18.3. The minimum atomic E-state index is -0.500. The fourth-order valence-electron chi connectivity index (χ4n) is 4.93. The summed E-state index contributed by atoms with van der Waals surface area (Å²) in [6, 6.07) is 13.4. The predicted molar refractivity (Wildman–Crippen MR) is 128 cm³/mol. The van der Waals surface area contributed by atoms with Gasteiger partial charge in [-0.15, -0.1) is 0 Å². The molecule has 2 atom stereocenters. The molecule has 0 radical (unpaired) electrons. The summed E-state index contributed by atoms with van der Waals surface area (Å²) in [5.74, 6) is 1.93. The molecule has 6 nitrogen and oxygen atoms in total. The molecule has 0 saturated heterocycles. The van der Waals surface area contributed by atoms with Crippen molar-refractivity contribution in [3.8, 4) is 11.3 Å². The van der Waals surface area contributed by atoms with Gasteiger partial charge in [0.15, 0.2) is 0 Å². The van der Waals surface area contributed by atoms with Crippen molar-refractivity contribution in [2.75, 3.05) is 11.9 Å². The number of halogens is 2. The molecule has 0 amide bonds. The highest BCUT2D eigenvalue weighted by Gasteiger charge is 2.38. The highest BCUT2D eigenvalue weighted by molar-refractivity contribution is 6.30. The summed E-state index contributed by atoms with van der Waals surface area (Å²) < 4.78 is 15.8. The van der Waals surface area contributed by atoms with Crippen molar-refractivity contribution < 1.29 is 9.18 Å². The van der Waals surface area contributed by atoms with Crippen LogP contribution in [0.3, 0.4) is 0 Å². The number of aldehydes is 1. The third-order valence-electron chi connectivity index (χ3n) is 6.83. The molecule has 8 heteroatoms. The molecule has 1 aliphatic heterocycles. The number of aromatic nitrogens is 2. The van der Waals surface area contributed by atoms with E-state index in [1.54, 1.807) is 12.1 Å². The van der Waals surface area contributed by atoms with Gasteiger partial charge in [-0.3, -0.25) is 4.90 Å². The number of rotatable bonds is 7. The van der Waals surface area contributed by atoms with Gasteiger partial charge in [-0.2, -0.15) is 0 Å². The van der Waals surface area contributed by atoms with Crippen molar-refractivity contribution in [1.82, 2.24) is 14.5 Å². The van der Waals surface area contributed by atoms with Gasteiger partial charge in [-0.1, -0.05) is 18.0 Å². The second-order valence-corrected chi connectivity index (χ2v) is 9.32. The van der Waals surface area contributed by atoms with Crippen LogP contribution < -0.4 is 11.1 Å². The number of hydrogen-bond donors (Lipinski definition) is 2. The van der Waals surface area contributed by atoms with E-state index in [2.05, 4.69) is 14.8 Å². The molecule has 33 heavy (non-hydrogen) atoms. The van der Waals surface area contributed by atoms with Crippen LogP contribution >= 0.6 is 11.6 Å². The summed E-state index contributed by atoms with van der Waals surface area (Å²) in [4.78, 5) is 18.8. The molecule has 2 heterocycles. The van der Waals surface area contributed by atoms with Crippen LogP contribution in [0.5, 0.6) is 0 Å².